The van der Waals surface area contributed by atoms with Gasteiger partial charge < -0.3 is 0 Å². The van der Waals surface area contributed by atoms with Gasteiger partial charge >= 0.3 is 0 Å². The van der Waals surface area contributed by atoms with Crippen molar-refractivity contribution in [2.45, 2.75) is 26.2 Å². The Morgan fingerprint density at radius 1 is 0.409 bits per heavy atom. The van der Waals surface area contributed by atoms with E-state index in [9.17, 15) is 0 Å². The first-order valence-electron chi connectivity index (χ1n) is 14.7. The van der Waals surface area contributed by atoms with Gasteiger partial charge in [-0.05, 0) is 58.7 Å². The van der Waals surface area contributed by atoms with E-state index >= 15 is 0 Å². The van der Waals surface area contributed by atoms with Gasteiger partial charge in [-0.1, -0.05) is 144 Å². The molecule has 5 aromatic carbocycles. The van der Waals surface area contributed by atoms with E-state index in [-0.39, 0.29) is 0 Å². The zero-order chi connectivity index (χ0) is 30.4. The molecule has 0 aromatic heterocycles. The molecule has 0 bridgehead atoms. The average molecular weight is 614 g/mol. The van der Waals surface area contributed by atoms with Crippen LogP contribution in [0.4, 0.5) is 0 Å². The van der Waals surface area contributed by atoms with Crippen LogP contribution in [0.15, 0.2) is 133 Å². The van der Waals surface area contributed by atoms with Crippen LogP contribution in [0.1, 0.15) is 33.4 Å². The number of hydrogen-bond donors (Lipinski definition) is 0. The van der Waals surface area contributed by atoms with Gasteiger partial charge in [0.25, 0.3) is 0 Å². The molecule has 0 amide bonds. The highest BCUT2D eigenvalue weighted by molar-refractivity contribution is 6.31. The lowest BCUT2D eigenvalue weighted by Gasteiger charge is -2.20. The number of rotatable bonds is 10. The lowest BCUT2D eigenvalue weighted by molar-refractivity contribution is 0.290. The van der Waals surface area contributed by atoms with E-state index in [0.717, 1.165) is 58.5 Å². The fourth-order valence-electron chi connectivity index (χ4n) is 4.90. The number of benzene rings is 5. The monoisotopic (exact) mass is 612 g/mol. The minimum absolute atomic E-state index is 0.629. The standard InChI is InChI=1S/C40H34Cl2N2/c41-39-21-9-7-19-37(39)31-43(29-35-13-3-1-4-14-35)27-11-17-33-23-25-34(26-24-33)18-12-28-44(30-36-15-5-2-6-16-36)32-38-20-8-10-22-40(38)42/h1-10,13-16,19-26H,27-32H2. The van der Waals surface area contributed by atoms with Gasteiger partial charge in [0.05, 0.1) is 13.1 Å². The summed E-state index contributed by atoms with van der Waals surface area (Å²) in [6.45, 7) is 4.32. The molecule has 5 aromatic rings. The highest BCUT2D eigenvalue weighted by atomic mass is 35.5. The Morgan fingerprint density at radius 3 is 1.16 bits per heavy atom. The summed E-state index contributed by atoms with van der Waals surface area (Å²) in [5.41, 5.74) is 6.64. The zero-order valence-electron chi connectivity index (χ0n) is 24.6. The van der Waals surface area contributed by atoms with Crippen molar-refractivity contribution in [1.82, 2.24) is 9.80 Å². The van der Waals surface area contributed by atoms with E-state index in [0.29, 0.717) is 13.1 Å². The van der Waals surface area contributed by atoms with E-state index in [1.807, 2.05) is 72.8 Å². The van der Waals surface area contributed by atoms with Crippen molar-refractivity contribution >= 4 is 23.2 Å². The van der Waals surface area contributed by atoms with Gasteiger partial charge in [0.2, 0.25) is 0 Å². The molecule has 0 aliphatic heterocycles. The van der Waals surface area contributed by atoms with Gasteiger partial charge in [-0.3, -0.25) is 9.80 Å². The van der Waals surface area contributed by atoms with Gasteiger partial charge in [0.1, 0.15) is 0 Å². The molecule has 2 nitrogen and oxygen atoms in total. The Labute approximate surface area is 271 Å². The van der Waals surface area contributed by atoms with E-state index in [4.69, 9.17) is 23.2 Å². The smallest absolute Gasteiger partial charge is 0.0611 e. The molecule has 0 spiro atoms. The van der Waals surface area contributed by atoms with E-state index in [2.05, 4.69) is 94.1 Å². The molecule has 0 saturated heterocycles. The van der Waals surface area contributed by atoms with Crippen LogP contribution < -0.4 is 0 Å². The normalized spacial score (nSPS) is 10.6. The van der Waals surface area contributed by atoms with Crippen molar-refractivity contribution < 1.29 is 0 Å². The molecule has 44 heavy (non-hydrogen) atoms. The summed E-state index contributed by atoms with van der Waals surface area (Å²) in [6.07, 6.45) is 0. The molecule has 0 fully saturated rings. The predicted molar refractivity (Wildman–Crippen MR) is 184 cm³/mol. The SMILES string of the molecule is Clc1ccccc1CN(CC#Cc1ccc(C#CCN(Cc2ccccc2)Cc2ccccc2Cl)cc1)Cc1ccccc1. The van der Waals surface area contributed by atoms with Crippen LogP contribution >= 0.6 is 23.2 Å². The van der Waals surface area contributed by atoms with E-state index < -0.39 is 0 Å². The Hall–Kier alpha value is -4.28. The topological polar surface area (TPSA) is 6.48 Å². The van der Waals surface area contributed by atoms with Crippen LogP contribution in [0.2, 0.25) is 10.0 Å². The Morgan fingerprint density at radius 2 is 0.773 bits per heavy atom. The van der Waals surface area contributed by atoms with Crippen molar-refractivity contribution in [3.8, 4) is 23.7 Å². The second-order valence-corrected chi connectivity index (χ2v) is 11.4. The first kappa shape index (κ1) is 31.2. The molecule has 0 N–H and O–H groups in total. The molecule has 218 valence electrons. The third kappa shape index (κ3) is 9.89. The van der Waals surface area contributed by atoms with Crippen LogP contribution in [-0.2, 0) is 26.2 Å². The summed E-state index contributed by atoms with van der Waals surface area (Å²) in [7, 11) is 0. The van der Waals surface area contributed by atoms with Crippen molar-refractivity contribution in [3.05, 3.63) is 177 Å². The predicted octanol–water partition coefficient (Wildman–Crippen LogP) is 9.10. The quantitative estimate of drug-likeness (QED) is 0.145. The van der Waals surface area contributed by atoms with Gasteiger partial charge in [-0.25, -0.2) is 0 Å². The van der Waals surface area contributed by atoms with Crippen LogP contribution in [0, 0.1) is 23.7 Å². The van der Waals surface area contributed by atoms with Crippen LogP contribution in [-0.4, -0.2) is 22.9 Å². The first-order chi connectivity index (χ1) is 21.6. The third-order valence-corrected chi connectivity index (χ3v) is 7.89. The first-order valence-corrected chi connectivity index (χ1v) is 15.5. The summed E-state index contributed by atoms with van der Waals surface area (Å²) < 4.78 is 0. The largest absolute Gasteiger partial charge is 0.284 e. The van der Waals surface area contributed by atoms with E-state index in [1.165, 1.54) is 11.1 Å². The van der Waals surface area contributed by atoms with Crippen molar-refractivity contribution in [2.75, 3.05) is 13.1 Å². The fourth-order valence-corrected chi connectivity index (χ4v) is 5.29. The average Bonchev–Trinajstić information content (AvgIpc) is 3.05. The summed E-state index contributed by atoms with van der Waals surface area (Å²) in [4.78, 5) is 4.63. The maximum Gasteiger partial charge on any atom is 0.0611 e. The highest BCUT2D eigenvalue weighted by Crippen LogP contribution is 2.19. The third-order valence-electron chi connectivity index (χ3n) is 7.16. The molecule has 0 atom stereocenters. The molecule has 0 aliphatic carbocycles. The second kappa shape index (κ2) is 16.5. The molecule has 0 unspecified atom stereocenters. The lowest BCUT2D eigenvalue weighted by atomic mass is 10.1. The molecule has 0 heterocycles. The molecule has 5 rings (SSSR count). The minimum atomic E-state index is 0.629. The highest BCUT2D eigenvalue weighted by Gasteiger charge is 2.10. The molecular formula is C40H34Cl2N2. The lowest BCUT2D eigenvalue weighted by Crippen LogP contribution is -2.23. The minimum Gasteiger partial charge on any atom is -0.284 e. The van der Waals surface area contributed by atoms with Gasteiger partial charge in [0.15, 0.2) is 0 Å². The molecular weight excluding hydrogens is 579 g/mol. The number of hydrogen-bond acceptors (Lipinski definition) is 2. The van der Waals surface area contributed by atoms with Crippen LogP contribution in [0.25, 0.3) is 0 Å². The van der Waals surface area contributed by atoms with Crippen LogP contribution in [0.3, 0.4) is 0 Å². The molecule has 4 heteroatoms. The van der Waals surface area contributed by atoms with Crippen molar-refractivity contribution in [3.63, 3.8) is 0 Å². The molecule has 0 saturated carbocycles. The molecule has 0 radical (unpaired) electrons. The second-order valence-electron chi connectivity index (χ2n) is 10.6. The summed E-state index contributed by atoms with van der Waals surface area (Å²) in [5.74, 6) is 13.4. The Balaban J connectivity index is 1.22. The van der Waals surface area contributed by atoms with Gasteiger partial charge in [-0.15, -0.1) is 0 Å². The van der Waals surface area contributed by atoms with E-state index in [1.54, 1.807) is 0 Å². The Kier molecular flexibility index (Phi) is 11.7. The summed E-state index contributed by atoms with van der Waals surface area (Å²) in [6, 6.07) is 45.1. The summed E-state index contributed by atoms with van der Waals surface area (Å²) in [5, 5.41) is 1.56. The summed E-state index contributed by atoms with van der Waals surface area (Å²) >= 11 is 12.9. The van der Waals surface area contributed by atoms with Crippen molar-refractivity contribution in [1.29, 1.82) is 0 Å². The number of nitrogens with zero attached hydrogens (tertiary/aromatic N) is 2. The number of halogens is 2. The fraction of sp³-hybridized carbons (Fsp3) is 0.150. The maximum absolute atomic E-state index is 6.47. The van der Waals surface area contributed by atoms with Gasteiger partial charge in [-0.2, -0.15) is 0 Å². The van der Waals surface area contributed by atoms with Crippen molar-refractivity contribution in [2.24, 2.45) is 0 Å². The van der Waals surface area contributed by atoms with Gasteiger partial charge in [0, 0.05) is 47.4 Å². The Bertz CT molecular complexity index is 1610. The molecule has 0 aliphatic rings. The van der Waals surface area contributed by atoms with Crippen LogP contribution in [0.5, 0.6) is 0 Å². The maximum atomic E-state index is 6.47. The zero-order valence-corrected chi connectivity index (χ0v) is 26.1.